The van der Waals surface area contributed by atoms with Gasteiger partial charge in [-0.2, -0.15) is 5.10 Å². The highest BCUT2D eigenvalue weighted by molar-refractivity contribution is 7.92. The monoisotopic (exact) mass is 259 g/mol. The summed E-state index contributed by atoms with van der Waals surface area (Å²) in [6.07, 6.45) is 1.73. The van der Waals surface area contributed by atoms with E-state index >= 15 is 0 Å². The number of nitrogens with one attached hydrogen (secondary N) is 1. The largest absolute Gasteiger partial charge is 0.310 e. The van der Waals surface area contributed by atoms with Crippen LogP contribution in [0.25, 0.3) is 0 Å². The van der Waals surface area contributed by atoms with Crippen molar-refractivity contribution in [2.24, 2.45) is 7.05 Å². The molecule has 0 aliphatic carbocycles. The molecule has 0 aliphatic heterocycles. The Labute approximate surface area is 103 Å². The van der Waals surface area contributed by atoms with E-state index in [2.05, 4.69) is 10.4 Å². The number of rotatable bonds is 5. The van der Waals surface area contributed by atoms with Crippen LogP contribution in [0.15, 0.2) is 12.3 Å². The first kappa shape index (κ1) is 14.2. The zero-order chi connectivity index (χ0) is 13.1. The van der Waals surface area contributed by atoms with Crippen LogP contribution < -0.4 is 5.32 Å². The van der Waals surface area contributed by atoms with Gasteiger partial charge in [0, 0.05) is 26.3 Å². The van der Waals surface area contributed by atoms with Gasteiger partial charge < -0.3 is 5.32 Å². The fraction of sp³-hybridized carbons (Fsp3) is 0.727. The minimum atomic E-state index is -3.03. The van der Waals surface area contributed by atoms with Crippen molar-refractivity contribution in [1.82, 2.24) is 15.1 Å². The van der Waals surface area contributed by atoms with Crippen molar-refractivity contribution < 1.29 is 8.42 Å². The summed E-state index contributed by atoms with van der Waals surface area (Å²) in [7, 11) is -1.17. The predicted molar refractivity (Wildman–Crippen MR) is 68.5 cm³/mol. The summed E-state index contributed by atoms with van der Waals surface area (Å²) in [5, 5.41) is 7.16. The molecule has 17 heavy (non-hydrogen) atoms. The topological polar surface area (TPSA) is 64.0 Å². The normalized spacial score (nSPS) is 12.9. The van der Waals surface area contributed by atoms with E-state index < -0.39 is 14.6 Å². The molecule has 98 valence electrons. The minimum absolute atomic E-state index is 0.161. The molecule has 1 aromatic heterocycles. The van der Waals surface area contributed by atoms with Crippen molar-refractivity contribution >= 4 is 9.84 Å². The summed E-state index contributed by atoms with van der Waals surface area (Å²) in [4.78, 5) is 0. The lowest BCUT2D eigenvalue weighted by Crippen LogP contribution is -2.34. The molecular weight excluding hydrogens is 238 g/mol. The van der Waals surface area contributed by atoms with Crippen LogP contribution in [0, 0.1) is 0 Å². The molecule has 0 aromatic carbocycles. The van der Waals surface area contributed by atoms with Crippen molar-refractivity contribution in [1.29, 1.82) is 0 Å². The molecule has 1 rings (SSSR count). The number of aromatic nitrogens is 2. The smallest absolute Gasteiger partial charge is 0.156 e. The SMILES string of the molecule is Cn1nccc1CNCCS(=O)(=O)C(C)(C)C. The molecule has 0 radical (unpaired) electrons. The third-order valence-electron chi connectivity index (χ3n) is 2.71. The molecule has 5 nitrogen and oxygen atoms in total. The van der Waals surface area contributed by atoms with E-state index in [-0.39, 0.29) is 5.75 Å². The molecule has 0 bridgehead atoms. The first-order chi connectivity index (χ1) is 7.74. The fourth-order valence-corrected chi connectivity index (χ4v) is 2.33. The second-order valence-electron chi connectivity index (χ2n) is 5.05. The second kappa shape index (κ2) is 5.18. The van der Waals surface area contributed by atoms with Gasteiger partial charge in [0.1, 0.15) is 0 Å². The lowest BCUT2D eigenvalue weighted by atomic mass is 10.3. The van der Waals surface area contributed by atoms with Gasteiger partial charge in [0.2, 0.25) is 0 Å². The van der Waals surface area contributed by atoms with E-state index in [1.807, 2.05) is 13.1 Å². The van der Waals surface area contributed by atoms with Crippen molar-refractivity contribution in [3.8, 4) is 0 Å². The maximum absolute atomic E-state index is 11.8. The van der Waals surface area contributed by atoms with Crippen LogP contribution in [0.5, 0.6) is 0 Å². The lowest BCUT2D eigenvalue weighted by molar-refractivity contribution is 0.554. The molecule has 0 saturated heterocycles. The summed E-state index contributed by atoms with van der Waals surface area (Å²) < 4.78 is 24.7. The number of hydrogen-bond acceptors (Lipinski definition) is 4. The van der Waals surface area contributed by atoms with Gasteiger partial charge in [-0.05, 0) is 26.8 Å². The third-order valence-corrected chi connectivity index (χ3v) is 5.32. The highest BCUT2D eigenvalue weighted by Gasteiger charge is 2.27. The second-order valence-corrected chi connectivity index (χ2v) is 7.92. The van der Waals surface area contributed by atoms with E-state index in [0.717, 1.165) is 5.69 Å². The molecule has 6 heteroatoms. The molecular formula is C11H21N3O2S. The van der Waals surface area contributed by atoms with Crippen LogP contribution in [0.2, 0.25) is 0 Å². The van der Waals surface area contributed by atoms with Crippen LogP contribution in [-0.4, -0.2) is 35.2 Å². The van der Waals surface area contributed by atoms with Crippen molar-refractivity contribution in [2.75, 3.05) is 12.3 Å². The lowest BCUT2D eigenvalue weighted by Gasteiger charge is -2.19. The van der Waals surface area contributed by atoms with Gasteiger partial charge in [0.25, 0.3) is 0 Å². The first-order valence-corrected chi connectivity index (χ1v) is 7.29. The summed E-state index contributed by atoms with van der Waals surface area (Å²) in [6.45, 7) is 6.28. The molecule has 0 atom stereocenters. The average molecular weight is 259 g/mol. The van der Waals surface area contributed by atoms with E-state index in [0.29, 0.717) is 13.1 Å². The Morgan fingerprint density at radius 1 is 1.41 bits per heavy atom. The van der Waals surface area contributed by atoms with Gasteiger partial charge in [-0.3, -0.25) is 4.68 Å². The molecule has 1 aromatic rings. The quantitative estimate of drug-likeness (QED) is 0.792. The standard InChI is InChI=1S/C11H21N3O2S/c1-11(2,3)17(15,16)8-7-12-9-10-5-6-13-14(10)4/h5-6,12H,7-9H2,1-4H3. The van der Waals surface area contributed by atoms with Crippen LogP contribution in [0.3, 0.4) is 0 Å². The average Bonchev–Trinajstić information content (AvgIpc) is 2.57. The Bertz CT molecular complexity index is 457. The van der Waals surface area contributed by atoms with Crippen LogP contribution >= 0.6 is 0 Å². The van der Waals surface area contributed by atoms with Gasteiger partial charge >= 0.3 is 0 Å². The first-order valence-electron chi connectivity index (χ1n) is 5.64. The predicted octanol–water partition coefficient (Wildman–Crippen LogP) is 0.723. The fourth-order valence-electron chi connectivity index (χ4n) is 1.30. The molecule has 0 amide bonds. The van der Waals surface area contributed by atoms with Crippen LogP contribution in [0.4, 0.5) is 0 Å². The maximum Gasteiger partial charge on any atom is 0.156 e. The number of hydrogen-bond donors (Lipinski definition) is 1. The van der Waals surface area contributed by atoms with E-state index in [1.165, 1.54) is 0 Å². The Kier molecular flexibility index (Phi) is 4.32. The number of sulfone groups is 1. The summed E-state index contributed by atoms with van der Waals surface area (Å²) in [6, 6.07) is 1.91. The van der Waals surface area contributed by atoms with Crippen molar-refractivity contribution in [3.63, 3.8) is 0 Å². The molecule has 0 aliphatic rings. The van der Waals surface area contributed by atoms with Gasteiger partial charge in [-0.1, -0.05) is 0 Å². The molecule has 0 spiro atoms. The summed E-state index contributed by atoms with van der Waals surface area (Å²) >= 11 is 0. The Balaban J connectivity index is 2.37. The zero-order valence-electron chi connectivity index (χ0n) is 10.9. The van der Waals surface area contributed by atoms with E-state index in [1.54, 1.807) is 31.6 Å². The number of nitrogens with zero attached hydrogens (tertiary/aromatic N) is 2. The Morgan fingerprint density at radius 2 is 2.06 bits per heavy atom. The number of aryl methyl sites for hydroxylation is 1. The molecule has 1 N–H and O–H groups in total. The zero-order valence-corrected chi connectivity index (χ0v) is 11.7. The summed E-state index contributed by atoms with van der Waals surface area (Å²) in [5.41, 5.74) is 1.04. The van der Waals surface area contributed by atoms with E-state index in [4.69, 9.17) is 0 Å². The van der Waals surface area contributed by atoms with Gasteiger partial charge in [-0.15, -0.1) is 0 Å². The molecule has 0 saturated carbocycles. The van der Waals surface area contributed by atoms with Crippen molar-refractivity contribution in [2.45, 2.75) is 32.1 Å². The molecule has 0 fully saturated rings. The minimum Gasteiger partial charge on any atom is -0.310 e. The van der Waals surface area contributed by atoms with Crippen LogP contribution in [0.1, 0.15) is 26.5 Å². The Hall–Kier alpha value is -0.880. The van der Waals surface area contributed by atoms with Crippen molar-refractivity contribution in [3.05, 3.63) is 18.0 Å². The molecule has 0 unspecified atom stereocenters. The van der Waals surface area contributed by atoms with Gasteiger partial charge in [-0.25, -0.2) is 8.42 Å². The maximum atomic E-state index is 11.8. The third kappa shape index (κ3) is 3.81. The highest BCUT2D eigenvalue weighted by Crippen LogP contribution is 2.15. The molecule has 1 heterocycles. The van der Waals surface area contributed by atoms with Gasteiger partial charge in [0.05, 0.1) is 16.2 Å². The summed E-state index contributed by atoms with van der Waals surface area (Å²) in [5.74, 6) is 0.161. The highest BCUT2D eigenvalue weighted by atomic mass is 32.2. The Morgan fingerprint density at radius 3 is 2.53 bits per heavy atom. The van der Waals surface area contributed by atoms with Crippen LogP contribution in [-0.2, 0) is 23.4 Å². The van der Waals surface area contributed by atoms with E-state index in [9.17, 15) is 8.42 Å². The van der Waals surface area contributed by atoms with Gasteiger partial charge in [0.15, 0.2) is 9.84 Å².